The van der Waals surface area contributed by atoms with Crippen molar-refractivity contribution in [3.8, 4) is 11.8 Å². The van der Waals surface area contributed by atoms with Gasteiger partial charge in [-0.2, -0.15) is 5.26 Å². The molecular formula is C18H25N3O2. The van der Waals surface area contributed by atoms with Crippen LogP contribution < -0.4 is 10.1 Å². The number of urea groups is 1. The highest BCUT2D eigenvalue weighted by molar-refractivity contribution is 5.74. The maximum absolute atomic E-state index is 12.3. The van der Waals surface area contributed by atoms with Gasteiger partial charge in [0.25, 0.3) is 0 Å². The third kappa shape index (κ3) is 4.88. The van der Waals surface area contributed by atoms with Gasteiger partial charge in [0.2, 0.25) is 0 Å². The van der Waals surface area contributed by atoms with Crippen molar-refractivity contribution < 1.29 is 9.53 Å². The van der Waals surface area contributed by atoms with E-state index in [1.54, 1.807) is 4.90 Å². The number of likely N-dealkylation sites (tertiary alicyclic amines) is 1. The van der Waals surface area contributed by atoms with Crippen molar-refractivity contribution >= 4 is 6.03 Å². The van der Waals surface area contributed by atoms with E-state index in [2.05, 4.69) is 11.4 Å². The number of hydrogen-bond acceptors (Lipinski definition) is 3. The van der Waals surface area contributed by atoms with Gasteiger partial charge in [0.1, 0.15) is 5.75 Å². The largest absolute Gasteiger partial charge is 0.491 e. The van der Waals surface area contributed by atoms with Crippen molar-refractivity contribution in [1.82, 2.24) is 10.2 Å². The second kappa shape index (κ2) is 7.87. The molecule has 1 aliphatic heterocycles. The summed E-state index contributed by atoms with van der Waals surface area (Å²) in [6.07, 6.45) is 1.64. The number of hydrogen-bond donors (Lipinski definition) is 1. The van der Waals surface area contributed by atoms with E-state index < -0.39 is 0 Å². The highest BCUT2D eigenvalue weighted by Gasteiger charge is 2.23. The molecule has 2 rings (SSSR count). The van der Waals surface area contributed by atoms with Crippen LogP contribution in [0.3, 0.4) is 0 Å². The molecule has 0 spiro atoms. The molecule has 124 valence electrons. The monoisotopic (exact) mass is 315 g/mol. The Kier molecular flexibility index (Phi) is 5.86. The lowest BCUT2D eigenvalue weighted by molar-refractivity contribution is 0.176. The Bertz CT molecular complexity index is 572. The lowest BCUT2D eigenvalue weighted by atomic mass is 9.99. The van der Waals surface area contributed by atoms with E-state index in [1.165, 1.54) is 0 Å². The minimum Gasteiger partial charge on any atom is -0.491 e. The maximum Gasteiger partial charge on any atom is 0.317 e. The zero-order valence-corrected chi connectivity index (χ0v) is 14.1. The standard InChI is InChI=1S/C18H25N3O2/c1-13(2)23-17-6-4-5-16(11-17)14(3)20-18(22)21-9-7-15(12-19)8-10-21/h4-6,11,13-15H,7-10H2,1-3H3,(H,20,22)/t14-/m0/s1. The molecule has 0 unspecified atom stereocenters. The normalized spacial score (nSPS) is 16.7. The van der Waals surface area contributed by atoms with Gasteiger partial charge in [-0.15, -0.1) is 0 Å². The number of amides is 2. The number of piperidine rings is 1. The molecule has 0 aliphatic carbocycles. The van der Waals surface area contributed by atoms with Crippen molar-refractivity contribution in [1.29, 1.82) is 5.26 Å². The molecule has 0 radical (unpaired) electrons. The van der Waals surface area contributed by atoms with Gasteiger partial charge in [0, 0.05) is 19.0 Å². The lowest BCUT2D eigenvalue weighted by Gasteiger charge is -2.30. The highest BCUT2D eigenvalue weighted by Crippen LogP contribution is 2.21. The van der Waals surface area contributed by atoms with Crippen LogP contribution in [0.5, 0.6) is 5.75 Å². The van der Waals surface area contributed by atoms with E-state index in [9.17, 15) is 4.79 Å². The minimum absolute atomic E-state index is 0.0657. The fourth-order valence-corrected chi connectivity index (χ4v) is 2.70. The molecule has 2 amide bonds. The average Bonchev–Trinajstić information content (AvgIpc) is 2.54. The zero-order valence-electron chi connectivity index (χ0n) is 14.1. The molecule has 0 bridgehead atoms. The van der Waals surface area contributed by atoms with Gasteiger partial charge in [0.15, 0.2) is 0 Å². The van der Waals surface area contributed by atoms with Crippen molar-refractivity contribution in [3.63, 3.8) is 0 Å². The topological polar surface area (TPSA) is 65.4 Å². The predicted molar refractivity (Wildman–Crippen MR) is 89.1 cm³/mol. The summed E-state index contributed by atoms with van der Waals surface area (Å²) in [7, 11) is 0. The fourth-order valence-electron chi connectivity index (χ4n) is 2.70. The molecule has 1 aliphatic rings. The molecule has 5 heteroatoms. The second-order valence-corrected chi connectivity index (χ2v) is 6.30. The summed E-state index contributed by atoms with van der Waals surface area (Å²) in [5.74, 6) is 0.898. The van der Waals surface area contributed by atoms with Crippen molar-refractivity contribution in [2.75, 3.05) is 13.1 Å². The fraction of sp³-hybridized carbons (Fsp3) is 0.556. The third-order valence-corrected chi connectivity index (χ3v) is 4.03. The Hall–Kier alpha value is -2.22. The van der Waals surface area contributed by atoms with Crippen LogP contribution >= 0.6 is 0 Å². The van der Waals surface area contributed by atoms with Gasteiger partial charge < -0.3 is 15.0 Å². The van der Waals surface area contributed by atoms with Crippen LogP contribution in [0, 0.1) is 17.2 Å². The van der Waals surface area contributed by atoms with Gasteiger partial charge >= 0.3 is 6.03 Å². The number of ether oxygens (including phenoxy) is 1. The molecule has 1 aromatic rings. The van der Waals surface area contributed by atoms with Crippen molar-refractivity contribution in [2.45, 2.75) is 45.8 Å². The van der Waals surface area contributed by atoms with Gasteiger partial charge in [-0.1, -0.05) is 12.1 Å². The minimum atomic E-state index is -0.0908. The first-order chi connectivity index (χ1) is 11.0. The van der Waals surface area contributed by atoms with E-state index >= 15 is 0 Å². The first-order valence-corrected chi connectivity index (χ1v) is 8.21. The van der Waals surface area contributed by atoms with Crippen LogP contribution in [-0.2, 0) is 0 Å². The molecule has 5 nitrogen and oxygen atoms in total. The summed E-state index contributed by atoms with van der Waals surface area (Å²) in [5.41, 5.74) is 1.02. The van der Waals surface area contributed by atoms with E-state index in [0.29, 0.717) is 13.1 Å². The highest BCUT2D eigenvalue weighted by atomic mass is 16.5. The molecule has 23 heavy (non-hydrogen) atoms. The van der Waals surface area contributed by atoms with Gasteiger partial charge in [-0.05, 0) is 51.3 Å². The first-order valence-electron chi connectivity index (χ1n) is 8.21. The molecule has 1 N–H and O–H groups in total. The molecule has 1 atom stereocenters. The van der Waals surface area contributed by atoms with E-state index in [1.807, 2.05) is 45.0 Å². The summed E-state index contributed by atoms with van der Waals surface area (Å²) >= 11 is 0. The average molecular weight is 315 g/mol. The number of rotatable bonds is 4. The number of nitrogens with one attached hydrogen (secondary N) is 1. The SMILES string of the molecule is CC(C)Oc1cccc([C@H](C)NC(=O)N2CCC(C#N)CC2)c1. The predicted octanol–water partition coefficient (Wildman–Crippen LogP) is 3.48. The van der Waals surface area contributed by atoms with Crippen LogP contribution in [0.2, 0.25) is 0 Å². The van der Waals surface area contributed by atoms with Crippen LogP contribution in [0.15, 0.2) is 24.3 Å². The quantitative estimate of drug-likeness (QED) is 0.925. The van der Waals surface area contributed by atoms with Gasteiger partial charge in [-0.3, -0.25) is 0 Å². The Morgan fingerprint density at radius 2 is 2.04 bits per heavy atom. The van der Waals surface area contributed by atoms with Crippen LogP contribution in [-0.4, -0.2) is 30.1 Å². The molecule has 1 heterocycles. The Morgan fingerprint density at radius 1 is 1.35 bits per heavy atom. The van der Waals surface area contributed by atoms with E-state index in [-0.39, 0.29) is 24.1 Å². The van der Waals surface area contributed by atoms with Crippen LogP contribution in [0.25, 0.3) is 0 Å². The number of nitriles is 1. The molecule has 0 saturated carbocycles. The van der Waals surface area contributed by atoms with Crippen molar-refractivity contribution in [3.05, 3.63) is 29.8 Å². The lowest BCUT2D eigenvalue weighted by Crippen LogP contribution is -2.45. The summed E-state index contributed by atoms with van der Waals surface area (Å²) in [5, 5.41) is 11.9. The third-order valence-electron chi connectivity index (χ3n) is 4.03. The number of carbonyl (C=O) groups excluding carboxylic acids is 1. The maximum atomic E-state index is 12.3. The molecular weight excluding hydrogens is 290 g/mol. The smallest absolute Gasteiger partial charge is 0.317 e. The summed E-state index contributed by atoms with van der Waals surface area (Å²) < 4.78 is 5.70. The van der Waals surface area contributed by atoms with Gasteiger partial charge in [-0.25, -0.2) is 4.79 Å². The zero-order chi connectivity index (χ0) is 16.8. The molecule has 1 saturated heterocycles. The second-order valence-electron chi connectivity index (χ2n) is 6.30. The van der Waals surface area contributed by atoms with Crippen LogP contribution in [0.1, 0.15) is 45.2 Å². The summed E-state index contributed by atoms with van der Waals surface area (Å²) in [4.78, 5) is 14.1. The molecule has 1 fully saturated rings. The van der Waals surface area contributed by atoms with E-state index in [0.717, 1.165) is 24.2 Å². The number of nitrogens with zero attached hydrogens (tertiary/aromatic N) is 2. The van der Waals surface area contributed by atoms with Crippen LogP contribution in [0.4, 0.5) is 4.79 Å². The summed E-state index contributed by atoms with van der Waals surface area (Å²) in [6.45, 7) is 7.24. The Labute approximate surface area is 138 Å². The number of carbonyl (C=O) groups is 1. The number of benzene rings is 1. The Morgan fingerprint density at radius 3 is 2.65 bits per heavy atom. The molecule has 1 aromatic carbocycles. The first kappa shape index (κ1) is 17.1. The van der Waals surface area contributed by atoms with Gasteiger partial charge in [0.05, 0.1) is 18.2 Å². The van der Waals surface area contributed by atoms with Crippen molar-refractivity contribution in [2.24, 2.45) is 5.92 Å². The molecule has 0 aromatic heterocycles. The van der Waals surface area contributed by atoms with E-state index in [4.69, 9.17) is 10.00 Å². The Balaban J connectivity index is 1.92. The summed E-state index contributed by atoms with van der Waals surface area (Å²) in [6, 6.07) is 9.93.